The molecule has 1 N–H and O–H groups in total. The molecule has 0 aliphatic carbocycles. The van der Waals surface area contributed by atoms with Crippen LogP contribution in [0.2, 0.25) is 0 Å². The minimum Gasteiger partial charge on any atom is -0.315 e. The standard InChI is InChI=1S/C9H18N2.C2H6/c1-4-9-5-6-11(10-9)7-8(2)3;1-2/h5-6,8-10H,4,7H2,1-3H3;1-2H3. The summed E-state index contributed by atoms with van der Waals surface area (Å²) in [4.78, 5) is 0. The van der Waals surface area contributed by atoms with Crippen LogP contribution in [0.25, 0.3) is 0 Å². The van der Waals surface area contributed by atoms with E-state index in [-0.39, 0.29) is 0 Å². The molecule has 0 saturated carbocycles. The molecule has 0 radical (unpaired) electrons. The molecule has 2 heteroatoms. The smallest absolute Gasteiger partial charge is 0.0457 e. The molecule has 13 heavy (non-hydrogen) atoms. The molecule has 1 unspecified atom stereocenters. The van der Waals surface area contributed by atoms with Gasteiger partial charge in [0.05, 0.1) is 0 Å². The van der Waals surface area contributed by atoms with E-state index in [1.54, 1.807) is 0 Å². The van der Waals surface area contributed by atoms with Crippen LogP contribution in [0.3, 0.4) is 0 Å². The van der Waals surface area contributed by atoms with Crippen molar-refractivity contribution in [3.63, 3.8) is 0 Å². The van der Waals surface area contributed by atoms with Crippen molar-refractivity contribution in [3.8, 4) is 0 Å². The zero-order valence-corrected chi connectivity index (χ0v) is 9.67. The zero-order valence-electron chi connectivity index (χ0n) is 9.67. The summed E-state index contributed by atoms with van der Waals surface area (Å²) in [6.07, 6.45) is 5.54. The molecule has 0 aromatic carbocycles. The predicted octanol–water partition coefficient (Wildman–Crippen LogP) is 2.78. The Morgan fingerprint density at radius 2 is 2.00 bits per heavy atom. The van der Waals surface area contributed by atoms with Crippen LogP contribution in [0.4, 0.5) is 0 Å². The third kappa shape index (κ3) is 4.94. The first-order chi connectivity index (χ1) is 6.22. The molecule has 0 spiro atoms. The second-order valence-electron chi connectivity index (χ2n) is 3.53. The summed E-state index contributed by atoms with van der Waals surface area (Å²) in [5.41, 5.74) is 3.39. The molecule has 0 saturated heterocycles. The van der Waals surface area contributed by atoms with E-state index in [4.69, 9.17) is 0 Å². The first-order valence-corrected chi connectivity index (χ1v) is 5.43. The second-order valence-corrected chi connectivity index (χ2v) is 3.53. The molecule has 1 aliphatic rings. The fourth-order valence-corrected chi connectivity index (χ4v) is 1.24. The minimum atomic E-state index is 0.564. The van der Waals surface area contributed by atoms with E-state index in [2.05, 4.69) is 43.5 Å². The molecule has 0 fully saturated rings. The van der Waals surface area contributed by atoms with Crippen molar-refractivity contribution >= 4 is 0 Å². The molecule has 1 atom stereocenters. The van der Waals surface area contributed by atoms with Crippen LogP contribution in [0.15, 0.2) is 12.3 Å². The van der Waals surface area contributed by atoms with Crippen molar-refractivity contribution in [3.05, 3.63) is 12.3 Å². The molecular formula is C11H24N2. The quantitative estimate of drug-likeness (QED) is 0.725. The van der Waals surface area contributed by atoms with Crippen molar-refractivity contribution in [1.29, 1.82) is 0 Å². The lowest BCUT2D eigenvalue weighted by Crippen LogP contribution is -2.36. The van der Waals surface area contributed by atoms with Crippen LogP contribution < -0.4 is 5.43 Å². The Morgan fingerprint density at radius 3 is 2.38 bits per heavy atom. The van der Waals surface area contributed by atoms with Gasteiger partial charge >= 0.3 is 0 Å². The van der Waals surface area contributed by atoms with Crippen molar-refractivity contribution in [1.82, 2.24) is 10.4 Å². The topological polar surface area (TPSA) is 15.3 Å². The van der Waals surface area contributed by atoms with Gasteiger partial charge in [0.2, 0.25) is 0 Å². The highest BCUT2D eigenvalue weighted by Gasteiger charge is 2.12. The van der Waals surface area contributed by atoms with E-state index in [1.807, 2.05) is 13.8 Å². The van der Waals surface area contributed by atoms with E-state index >= 15 is 0 Å². The van der Waals surface area contributed by atoms with Crippen molar-refractivity contribution < 1.29 is 0 Å². The molecule has 0 aromatic rings. The highest BCUT2D eigenvalue weighted by Crippen LogP contribution is 2.06. The van der Waals surface area contributed by atoms with Gasteiger partial charge in [-0.25, -0.2) is 5.43 Å². The molecule has 1 aliphatic heterocycles. The SMILES string of the molecule is CC.CCC1C=CN(CC(C)C)N1. The monoisotopic (exact) mass is 184 g/mol. The Hall–Kier alpha value is -0.500. The number of nitrogens with one attached hydrogen (secondary N) is 1. The zero-order chi connectivity index (χ0) is 10.3. The van der Waals surface area contributed by atoms with Gasteiger partial charge in [0.15, 0.2) is 0 Å². The van der Waals surface area contributed by atoms with Crippen molar-refractivity contribution in [2.75, 3.05) is 6.54 Å². The summed E-state index contributed by atoms with van der Waals surface area (Å²) in [5.74, 6) is 0.725. The maximum atomic E-state index is 3.39. The predicted molar refractivity (Wildman–Crippen MR) is 59.2 cm³/mol. The Morgan fingerprint density at radius 1 is 1.38 bits per heavy atom. The van der Waals surface area contributed by atoms with Gasteiger partial charge in [-0.05, 0) is 18.4 Å². The van der Waals surface area contributed by atoms with E-state index in [0.717, 1.165) is 12.5 Å². The Kier molecular flexibility index (Phi) is 6.69. The summed E-state index contributed by atoms with van der Waals surface area (Å²) >= 11 is 0. The first kappa shape index (κ1) is 12.5. The first-order valence-electron chi connectivity index (χ1n) is 5.43. The van der Waals surface area contributed by atoms with Crippen molar-refractivity contribution in [2.24, 2.45) is 5.92 Å². The summed E-state index contributed by atoms with van der Waals surface area (Å²) in [7, 11) is 0. The van der Waals surface area contributed by atoms with Gasteiger partial charge in [-0.1, -0.05) is 34.6 Å². The van der Waals surface area contributed by atoms with E-state index in [1.165, 1.54) is 6.42 Å². The average Bonchev–Trinajstić information content (AvgIpc) is 2.55. The van der Waals surface area contributed by atoms with Crippen LogP contribution in [-0.2, 0) is 0 Å². The Labute approximate surface area is 83.0 Å². The summed E-state index contributed by atoms with van der Waals surface area (Å²) in [6.45, 7) is 11.8. The van der Waals surface area contributed by atoms with E-state index in [9.17, 15) is 0 Å². The van der Waals surface area contributed by atoms with Crippen LogP contribution in [-0.4, -0.2) is 17.6 Å². The third-order valence-electron chi connectivity index (χ3n) is 1.83. The maximum absolute atomic E-state index is 3.39. The largest absolute Gasteiger partial charge is 0.315 e. The number of hydrogen-bond donors (Lipinski definition) is 1. The lowest BCUT2D eigenvalue weighted by atomic mass is 10.2. The fraction of sp³-hybridized carbons (Fsp3) is 0.818. The number of rotatable bonds is 3. The van der Waals surface area contributed by atoms with Gasteiger partial charge in [0, 0.05) is 18.8 Å². The van der Waals surface area contributed by atoms with Crippen LogP contribution in [0.5, 0.6) is 0 Å². The number of nitrogens with zero attached hydrogens (tertiary/aromatic N) is 1. The lowest BCUT2D eigenvalue weighted by molar-refractivity contribution is 0.244. The molecule has 2 nitrogen and oxygen atoms in total. The summed E-state index contributed by atoms with van der Waals surface area (Å²) in [5, 5.41) is 2.18. The third-order valence-corrected chi connectivity index (χ3v) is 1.83. The van der Waals surface area contributed by atoms with Gasteiger partial charge in [0.25, 0.3) is 0 Å². The second kappa shape index (κ2) is 6.96. The van der Waals surface area contributed by atoms with E-state index < -0.39 is 0 Å². The summed E-state index contributed by atoms with van der Waals surface area (Å²) < 4.78 is 0. The van der Waals surface area contributed by atoms with Gasteiger partial charge < -0.3 is 5.01 Å². The van der Waals surface area contributed by atoms with Gasteiger partial charge in [-0.15, -0.1) is 0 Å². The molecule has 1 heterocycles. The lowest BCUT2D eigenvalue weighted by Gasteiger charge is -2.20. The van der Waals surface area contributed by atoms with Gasteiger partial charge in [-0.2, -0.15) is 0 Å². The molecule has 78 valence electrons. The van der Waals surface area contributed by atoms with Crippen molar-refractivity contribution in [2.45, 2.75) is 47.1 Å². The van der Waals surface area contributed by atoms with Gasteiger partial charge in [0.1, 0.15) is 0 Å². The normalized spacial score (nSPS) is 20.5. The van der Waals surface area contributed by atoms with Crippen LogP contribution in [0, 0.1) is 5.92 Å². The fourth-order valence-electron chi connectivity index (χ4n) is 1.24. The van der Waals surface area contributed by atoms with Crippen LogP contribution in [0.1, 0.15) is 41.0 Å². The number of hydrazine groups is 1. The average molecular weight is 184 g/mol. The van der Waals surface area contributed by atoms with E-state index in [0.29, 0.717) is 6.04 Å². The molecule has 0 bridgehead atoms. The Balaban J connectivity index is 0.000000671. The Bertz CT molecular complexity index is 141. The van der Waals surface area contributed by atoms with Gasteiger partial charge in [-0.3, -0.25) is 0 Å². The number of hydrogen-bond acceptors (Lipinski definition) is 2. The highest BCUT2D eigenvalue weighted by atomic mass is 15.5. The minimum absolute atomic E-state index is 0.564. The molecule has 1 rings (SSSR count). The molecular weight excluding hydrogens is 160 g/mol. The van der Waals surface area contributed by atoms with Crippen LogP contribution >= 0.6 is 0 Å². The maximum Gasteiger partial charge on any atom is 0.0457 e. The molecule has 0 aromatic heterocycles. The summed E-state index contributed by atoms with van der Waals surface area (Å²) in [6, 6.07) is 0.564. The molecule has 0 amide bonds. The highest BCUT2D eigenvalue weighted by molar-refractivity contribution is 4.97.